The first kappa shape index (κ1) is 20.8. The Labute approximate surface area is 174 Å². The molecule has 0 unspecified atom stereocenters. The average molecular weight is 500 g/mol. The zero-order chi connectivity index (χ0) is 20.5. The predicted octanol–water partition coefficient (Wildman–Crippen LogP) is 3.78. The van der Waals surface area contributed by atoms with E-state index in [2.05, 4.69) is 4.98 Å². The van der Waals surface area contributed by atoms with Gasteiger partial charge >= 0.3 is 0 Å². The molecule has 0 spiro atoms. The molecule has 0 saturated carbocycles. The quantitative estimate of drug-likeness (QED) is 0.397. The van der Waals surface area contributed by atoms with Crippen molar-refractivity contribution in [3.8, 4) is 0 Å². The van der Waals surface area contributed by atoms with Crippen molar-refractivity contribution in [3.63, 3.8) is 0 Å². The van der Waals surface area contributed by atoms with Gasteiger partial charge in [-0.05, 0) is 60.2 Å². The second-order valence-corrected chi connectivity index (χ2v) is 8.29. The summed E-state index contributed by atoms with van der Waals surface area (Å²) in [5, 5.41) is 9.29. The predicted molar refractivity (Wildman–Crippen MR) is 109 cm³/mol. The zero-order valence-electron chi connectivity index (χ0n) is 15.4. The lowest BCUT2D eigenvalue weighted by atomic mass is 10.0. The Morgan fingerprint density at radius 1 is 1.29 bits per heavy atom. The number of carbonyl (C=O) groups is 1. The van der Waals surface area contributed by atoms with E-state index < -0.39 is 23.0 Å². The highest BCUT2D eigenvalue weighted by Crippen LogP contribution is 2.23. The van der Waals surface area contributed by atoms with E-state index in [0.29, 0.717) is 11.3 Å². The number of aliphatic hydroxyl groups excluding tert-OH is 1. The molecule has 2 heterocycles. The lowest BCUT2D eigenvalue weighted by Crippen LogP contribution is -2.31. The molecule has 2 aromatic heterocycles. The Balaban J connectivity index is 2.04. The molecule has 28 heavy (non-hydrogen) atoms. The van der Waals surface area contributed by atoms with Crippen molar-refractivity contribution in [1.82, 2.24) is 9.38 Å². The number of fused-ring (bicyclic) bond motifs is 1. The largest absolute Gasteiger partial charge is 0.393 e. The lowest BCUT2D eigenvalue weighted by molar-refractivity contribution is -0.0447. The van der Waals surface area contributed by atoms with Gasteiger partial charge in [0.05, 0.1) is 24.7 Å². The third kappa shape index (κ3) is 4.39. The van der Waals surface area contributed by atoms with Crippen LogP contribution in [0.4, 0.5) is 8.78 Å². The van der Waals surface area contributed by atoms with Crippen LogP contribution >= 0.6 is 22.6 Å². The van der Waals surface area contributed by atoms with E-state index >= 15 is 0 Å². The molecule has 3 aromatic rings. The molecule has 1 N–H and O–H groups in total. The van der Waals surface area contributed by atoms with Crippen molar-refractivity contribution < 1.29 is 23.4 Å². The van der Waals surface area contributed by atoms with Gasteiger partial charge in [0.15, 0.2) is 5.78 Å². The van der Waals surface area contributed by atoms with Gasteiger partial charge in [-0.2, -0.15) is 0 Å². The van der Waals surface area contributed by atoms with Crippen molar-refractivity contribution in [2.75, 3.05) is 13.2 Å². The molecule has 3 rings (SSSR count). The van der Waals surface area contributed by atoms with Gasteiger partial charge in [0.25, 0.3) is 0 Å². The number of hydrogen-bond acceptors (Lipinski definition) is 4. The Morgan fingerprint density at radius 3 is 2.71 bits per heavy atom. The second-order valence-electron chi connectivity index (χ2n) is 7.04. The second kappa shape index (κ2) is 8.22. The van der Waals surface area contributed by atoms with Crippen LogP contribution in [0.15, 0.2) is 36.8 Å². The summed E-state index contributed by atoms with van der Waals surface area (Å²) in [4.78, 5) is 16.7. The summed E-state index contributed by atoms with van der Waals surface area (Å²) in [5.41, 5.74) is 0.191. The maximum absolute atomic E-state index is 14.5. The van der Waals surface area contributed by atoms with Crippen LogP contribution in [0.25, 0.3) is 5.52 Å². The molecule has 0 radical (unpaired) electrons. The van der Waals surface area contributed by atoms with Gasteiger partial charge < -0.3 is 9.84 Å². The summed E-state index contributed by atoms with van der Waals surface area (Å²) in [6.45, 7) is 2.68. The summed E-state index contributed by atoms with van der Waals surface area (Å²) >= 11 is 2.01. The van der Waals surface area contributed by atoms with Gasteiger partial charge in [0, 0.05) is 21.2 Å². The molecule has 0 bridgehead atoms. The number of Topliss-reactive ketones (excluding diaryl/α,β-unsaturated/α-hetero) is 1. The number of benzene rings is 1. The van der Waals surface area contributed by atoms with Crippen molar-refractivity contribution in [3.05, 3.63) is 68.8 Å². The van der Waals surface area contributed by atoms with Gasteiger partial charge in [0.2, 0.25) is 0 Å². The molecule has 0 fully saturated rings. The van der Waals surface area contributed by atoms with Crippen molar-refractivity contribution >= 4 is 33.9 Å². The summed E-state index contributed by atoms with van der Waals surface area (Å²) in [6, 6.07) is 5.94. The third-order valence-electron chi connectivity index (χ3n) is 4.40. The fourth-order valence-electron chi connectivity index (χ4n) is 2.75. The number of pyridine rings is 1. The molecule has 0 aliphatic rings. The fraction of sp³-hybridized carbons (Fsp3) is 0.300. The summed E-state index contributed by atoms with van der Waals surface area (Å²) in [6.07, 6.45) is 2.83. The number of nitrogens with zero attached hydrogens (tertiary/aromatic N) is 2. The molecule has 148 valence electrons. The monoisotopic (exact) mass is 500 g/mol. The van der Waals surface area contributed by atoms with Gasteiger partial charge in [0.1, 0.15) is 23.8 Å². The number of carbonyl (C=O) groups excluding carboxylic acids is 1. The van der Waals surface area contributed by atoms with Crippen LogP contribution < -0.4 is 0 Å². The fourth-order valence-corrected chi connectivity index (χ4v) is 3.21. The van der Waals surface area contributed by atoms with Crippen LogP contribution in [0.3, 0.4) is 0 Å². The molecular formula is C20H19F2IN2O3. The average Bonchev–Trinajstić information content (AvgIpc) is 3.14. The highest BCUT2D eigenvalue weighted by Gasteiger charge is 2.23. The minimum absolute atomic E-state index is 0.0837. The number of rotatable bonds is 7. The Morgan fingerprint density at radius 2 is 2.04 bits per heavy atom. The Hall–Kier alpha value is -1.91. The standard InChI is InChI=1S/C20H19F2IN2O3/c1-20(2,10-26)28-9-19(27)14-7-16(22)18-8-24-11-25(18)17(14)5-12-3-4-13(23)6-15(12)21/h3-4,6-8,11,26H,5,9-10H2,1-2H3. The number of aromatic nitrogens is 2. The molecule has 1 aromatic carbocycles. The van der Waals surface area contributed by atoms with Crippen LogP contribution in [0, 0.1) is 15.2 Å². The Bertz CT molecular complexity index is 1030. The third-order valence-corrected chi connectivity index (χ3v) is 5.08. The number of halogens is 3. The van der Waals surface area contributed by atoms with Crippen molar-refractivity contribution in [2.24, 2.45) is 0 Å². The molecular weight excluding hydrogens is 481 g/mol. The maximum atomic E-state index is 14.5. The molecule has 0 atom stereocenters. The van der Waals surface area contributed by atoms with Crippen LogP contribution in [0.1, 0.15) is 35.5 Å². The number of ketones is 1. The van der Waals surface area contributed by atoms with E-state index in [0.717, 1.165) is 9.64 Å². The molecule has 5 nitrogen and oxygen atoms in total. The van der Waals surface area contributed by atoms with E-state index in [1.807, 2.05) is 22.6 Å². The van der Waals surface area contributed by atoms with E-state index in [1.54, 1.807) is 26.0 Å². The summed E-state index contributed by atoms with van der Waals surface area (Å²) in [7, 11) is 0. The van der Waals surface area contributed by atoms with Crippen molar-refractivity contribution in [1.29, 1.82) is 0 Å². The first-order valence-corrected chi connectivity index (χ1v) is 9.65. The van der Waals surface area contributed by atoms with E-state index in [4.69, 9.17) is 4.74 Å². The van der Waals surface area contributed by atoms with Gasteiger partial charge in [-0.15, -0.1) is 0 Å². The maximum Gasteiger partial charge on any atom is 0.190 e. The zero-order valence-corrected chi connectivity index (χ0v) is 17.5. The van der Waals surface area contributed by atoms with Crippen molar-refractivity contribution in [2.45, 2.75) is 25.9 Å². The normalized spacial score (nSPS) is 11.9. The highest BCUT2D eigenvalue weighted by atomic mass is 127. The van der Waals surface area contributed by atoms with Crippen LogP contribution in [-0.4, -0.2) is 39.1 Å². The minimum Gasteiger partial charge on any atom is -0.393 e. The Kier molecular flexibility index (Phi) is 6.11. The SMILES string of the molecule is CC(C)(CO)OCC(=O)c1cc(F)c2cncn2c1Cc1ccc(I)cc1F. The van der Waals surface area contributed by atoms with E-state index in [-0.39, 0.29) is 30.7 Å². The number of aliphatic hydroxyl groups is 1. The van der Waals surface area contributed by atoms with Gasteiger partial charge in [-0.1, -0.05) is 6.07 Å². The van der Waals surface area contributed by atoms with Crippen LogP contribution in [0.2, 0.25) is 0 Å². The molecule has 0 saturated heterocycles. The number of imidazole rings is 1. The number of hydrogen-bond donors (Lipinski definition) is 1. The summed E-state index contributed by atoms with van der Waals surface area (Å²) in [5.74, 6) is -1.47. The summed E-state index contributed by atoms with van der Waals surface area (Å²) < 4.78 is 36.5. The van der Waals surface area contributed by atoms with Gasteiger partial charge in [-0.25, -0.2) is 13.8 Å². The first-order valence-electron chi connectivity index (χ1n) is 8.57. The molecule has 0 aliphatic carbocycles. The minimum atomic E-state index is -0.907. The van der Waals surface area contributed by atoms with E-state index in [9.17, 15) is 18.7 Å². The molecule has 0 aliphatic heterocycles. The molecule has 8 heteroatoms. The first-order chi connectivity index (χ1) is 13.2. The lowest BCUT2D eigenvalue weighted by Gasteiger charge is -2.22. The molecule has 0 amide bonds. The number of ether oxygens (including phenoxy) is 1. The van der Waals surface area contributed by atoms with Crippen LogP contribution in [-0.2, 0) is 11.2 Å². The highest BCUT2D eigenvalue weighted by molar-refractivity contribution is 14.1. The van der Waals surface area contributed by atoms with E-state index in [1.165, 1.54) is 23.0 Å². The topological polar surface area (TPSA) is 63.8 Å². The van der Waals surface area contributed by atoms with Crippen LogP contribution in [0.5, 0.6) is 0 Å². The van der Waals surface area contributed by atoms with Gasteiger partial charge in [-0.3, -0.25) is 9.20 Å². The smallest absolute Gasteiger partial charge is 0.190 e.